The fourth-order valence-electron chi connectivity index (χ4n) is 4.88. The zero-order valence-electron chi connectivity index (χ0n) is 16.6. The molecule has 1 amide bonds. The van der Waals surface area contributed by atoms with Gasteiger partial charge in [-0.1, -0.05) is 6.42 Å². The summed E-state index contributed by atoms with van der Waals surface area (Å²) in [5.74, 6) is 0.0900. The van der Waals surface area contributed by atoms with Crippen molar-refractivity contribution in [2.24, 2.45) is 11.3 Å². The molecule has 0 N–H and O–H groups in total. The quantitative estimate of drug-likeness (QED) is 0.683. The topological polar surface area (TPSA) is 66.9 Å². The van der Waals surface area contributed by atoms with Gasteiger partial charge in [-0.3, -0.25) is 13.9 Å². The van der Waals surface area contributed by atoms with Gasteiger partial charge in [0.1, 0.15) is 17.6 Å². The summed E-state index contributed by atoms with van der Waals surface area (Å²) in [4.78, 5) is 27.1. The molecule has 3 aliphatic heterocycles. The van der Waals surface area contributed by atoms with Gasteiger partial charge in [0.15, 0.2) is 11.6 Å². The highest BCUT2D eigenvalue weighted by molar-refractivity contribution is 7.86. The van der Waals surface area contributed by atoms with Crippen molar-refractivity contribution in [3.8, 4) is 0 Å². The van der Waals surface area contributed by atoms with E-state index in [1.807, 2.05) is 0 Å². The normalized spacial score (nSPS) is 25.7. The average Bonchev–Trinajstić information content (AvgIpc) is 2.95. The predicted octanol–water partition coefficient (Wildman–Crippen LogP) is 3.01. The lowest BCUT2D eigenvalue weighted by Crippen LogP contribution is -2.67. The average molecular weight is 438 g/mol. The van der Waals surface area contributed by atoms with E-state index >= 15 is 0 Å². The molecule has 0 aromatic heterocycles. The van der Waals surface area contributed by atoms with E-state index in [4.69, 9.17) is 4.74 Å². The molecule has 3 heterocycles. The van der Waals surface area contributed by atoms with Gasteiger partial charge in [-0.05, 0) is 19.3 Å². The second-order valence-electron chi connectivity index (χ2n) is 9.09. The van der Waals surface area contributed by atoms with Crippen molar-refractivity contribution < 1.29 is 27.3 Å². The van der Waals surface area contributed by atoms with E-state index in [-0.39, 0.29) is 35.0 Å². The number of carbonyl (C=O) groups is 2. The van der Waals surface area contributed by atoms with Crippen LogP contribution in [0.1, 0.15) is 32.1 Å². The molecule has 4 fully saturated rings. The fourth-order valence-corrected chi connectivity index (χ4v) is 6.52. The number of amides is 1. The third-order valence-corrected chi connectivity index (χ3v) is 8.63. The van der Waals surface area contributed by atoms with Crippen LogP contribution in [0, 0.1) is 23.0 Å². The number of ether oxygens (including phenoxy) is 1. The van der Waals surface area contributed by atoms with Crippen LogP contribution < -0.4 is 9.80 Å². The number of nitrogens with zero attached hydrogens (tertiary/aromatic N) is 2. The van der Waals surface area contributed by atoms with Crippen molar-refractivity contribution in [1.82, 2.24) is 0 Å². The van der Waals surface area contributed by atoms with Crippen molar-refractivity contribution >= 4 is 34.1 Å². The Morgan fingerprint density at radius 2 is 1.87 bits per heavy atom. The van der Waals surface area contributed by atoms with Crippen LogP contribution in [0.3, 0.4) is 0 Å². The van der Waals surface area contributed by atoms with Gasteiger partial charge in [-0.25, -0.2) is 13.6 Å². The zero-order valence-corrected chi connectivity index (χ0v) is 17.4. The van der Waals surface area contributed by atoms with Crippen LogP contribution in [-0.2, 0) is 20.3 Å². The summed E-state index contributed by atoms with van der Waals surface area (Å²) in [5.41, 5.74) is -0.0468. The summed E-state index contributed by atoms with van der Waals surface area (Å²) in [6, 6.07) is 2.32. The maximum Gasteiger partial charge on any atom is 0.414 e. The van der Waals surface area contributed by atoms with Crippen LogP contribution >= 0.6 is 0 Å². The number of carbonyl (C=O) groups excluding carboxylic acids is 2. The van der Waals surface area contributed by atoms with Crippen molar-refractivity contribution in [3.63, 3.8) is 0 Å². The first-order chi connectivity index (χ1) is 14.3. The van der Waals surface area contributed by atoms with Crippen molar-refractivity contribution in [2.75, 3.05) is 40.9 Å². The van der Waals surface area contributed by atoms with Crippen molar-refractivity contribution in [2.45, 2.75) is 38.2 Å². The molecule has 1 aromatic carbocycles. The molecule has 1 aliphatic carbocycles. The molecule has 3 saturated heterocycles. The van der Waals surface area contributed by atoms with Gasteiger partial charge in [0.25, 0.3) is 0 Å². The molecule has 30 heavy (non-hydrogen) atoms. The highest BCUT2D eigenvalue weighted by atomic mass is 32.2. The number of hydrogen-bond acceptors (Lipinski definition) is 5. The highest BCUT2D eigenvalue weighted by Gasteiger charge is 2.52. The molecular formula is C21H24F2N2O4S. The summed E-state index contributed by atoms with van der Waals surface area (Å²) in [5, 5.41) is 0. The lowest BCUT2D eigenvalue weighted by Gasteiger charge is -2.55. The van der Waals surface area contributed by atoms with Gasteiger partial charge < -0.3 is 9.64 Å². The lowest BCUT2D eigenvalue weighted by molar-refractivity contribution is -0.125. The third kappa shape index (κ3) is 3.40. The minimum atomic E-state index is -0.803. The van der Waals surface area contributed by atoms with Crippen LogP contribution in [0.15, 0.2) is 12.1 Å². The molecule has 6 nitrogen and oxygen atoms in total. The van der Waals surface area contributed by atoms with Crippen LogP contribution in [0.2, 0.25) is 0 Å². The fraction of sp³-hybridized carbons (Fsp3) is 0.619. The molecule has 1 atom stereocenters. The number of hydrogen-bond donors (Lipinski definition) is 0. The van der Waals surface area contributed by atoms with E-state index in [2.05, 4.69) is 0 Å². The van der Waals surface area contributed by atoms with Crippen LogP contribution in [0.4, 0.5) is 25.0 Å². The Labute approximate surface area is 176 Å². The van der Waals surface area contributed by atoms with Crippen molar-refractivity contribution in [3.05, 3.63) is 23.8 Å². The molecule has 1 aromatic rings. The highest BCUT2D eigenvalue weighted by Crippen LogP contribution is 2.44. The van der Waals surface area contributed by atoms with Crippen molar-refractivity contribution in [1.29, 1.82) is 0 Å². The van der Waals surface area contributed by atoms with Crippen LogP contribution in [-0.4, -0.2) is 53.3 Å². The molecule has 1 saturated carbocycles. The van der Waals surface area contributed by atoms with Crippen LogP contribution in [0.5, 0.6) is 0 Å². The first-order valence-corrected chi connectivity index (χ1v) is 11.9. The maximum atomic E-state index is 14.7. The Kier molecular flexibility index (Phi) is 4.83. The summed E-state index contributed by atoms with van der Waals surface area (Å²) >= 11 is 0. The number of anilines is 2. The molecule has 9 heteroatoms. The number of ketones is 1. The van der Waals surface area contributed by atoms with Gasteiger partial charge in [0.2, 0.25) is 0 Å². The SMILES string of the molecule is O=C(CC[C@H]1CN(c2cc(F)c(N3CC4(C3)CS(=O)C4)c(F)c2)C(=O)O1)C1CCC1. The standard InChI is InChI=1S/C21H24F2N2O4S/c22-16-6-14(7-17(23)19(16)24-9-21(10-24)11-30(28)12-21)25-8-15(29-20(25)27)4-5-18(26)13-2-1-3-13/h6-7,13,15H,1-5,8-12H2/t15-/m0/s1. The smallest absolute Gasteiger partial charge is 0.414 e. The molecule has 0 bridgehead atoms. The Bertz CT molecular complexity index is 897. The Hall–Kier alpha value is -2.03. The van der Waals surface area contributed by atoms with Gasteiger partial charge >= 0.3 is 6.09 Å². The predicted molar refractivity (Wildman–Crippen MR) is 108 cm³/mol. The van der Waals surface area contributed by atoms with E-state index in [9.17, 15) is 22.6 Å². The maximum absolute atomic E-state index is 14.7. The number of halogens is 2. The molecule has 0 radical (unpaired) electrons. The largest absolute Gasteiger partial charge is 0.444 e. The first kappa shape index (κ1) is 19.9. The summed E-state index contributed by atoms with van der Waals surface area (Å²) in [6.45, 7) is 1.16. The molecule has 1 spiro atoms. The second-order valence-corrected chi connectivity index (χ2v) is 10.5. The minimum Gasteiger partial charge on any atom is -0.444 e. The van der Waals surface area contributed by atoms with E-state index in [0.29, 0.717) is 37.4 Å². The van der Waals surface area contributed by atoms with Gasteiger partial charge in [0.05, 0.1) is 12.2 Å². The summed E-state index contributed by atoms with van der Waals surface area (Å²) < 4.78 is 46.1. The number of cyclic esters (lactones) is 1. The monoisotopic (exact) mass is 438 g/mol. The summed E-state index contributed by atoms with van der Waals surface area (Å²) in [6.07, 6.45) is 2.65. The molecular weight excluding hydrogens is 414 g/mol. The molecule has 162 valence electrons. The van der Waals surface area contributed by atoms with E-state index in [1.54, 1.807) is 4.90 Å². The number of benzene rings is 1. The second kappa shape index (κ2) is 7.28. The Morgan fingerprint density at radius 3 is 2.43 bits per heavy atom. The molecule has 4 aliphatic rings. The van der Waals surface area contributed by atoms with E-state index in [1.165, 1.54) is 4.90 Å². The molecule has 0 unspecified atom stereocenters. The van der Waals surface area contributed by atoms with Gasteiger partial charge in [-0.15, -0.1) is 0 Å². The molecule has 5 rings (SSSR count). The third-order valence-electron chi connectivity index (χ3n) is 6.76. The van der Waals surface area contributed by atoms with Gasteiger partial charge in [-0.2, -0.15) is 0 Å². The number of rotatable bonds is 6. The summed E-state index contributed by atoms with van der Waals surface area (Å²) in [7, 11) is -0.803. The Morgan fingerprint density at radius 1 is 1.20 bits per heavy atom. The zero-order chi connectivity index (χ0) is 21.0. The number of Topliss-reactive ketones (excluding diaryl/α,β-unsaturated/α-hetero) is 1. The van der Waals surface area contributed by atoms with Crippen LogP contribution in [0.25, 0.3) is 0 Å². The first-order valence-electron chi connectivity index (χ1n) is 10.4. The van der Waals surface area contributed by atoms with E-state index < -0.39 is 34.6 Å². The lowest BCUT2D eigenvalue weighted by atomic mass is 9.80. The minimum absolute atomic E-state index is 0.0642. The Balaban J connectivity index is 1.23. The van der Waals surface area contributed by atoms with E-state index in [0.717, 1.165) is 31.4 Å². The van der Waals surface area contributed by atoms with Gasteiger partial charge in [0, 0.05) is 65.3 Å².